The second-order valence-electron chi connectivity index (χ2n) is 16.3. The lowest BCUT2D eigenvalue weighted by atomic mass is 9.85. The van der Waals surface area contributed by atoms with Crippen LogP contribution in [0.3, 0.4) is 0 Å². The Labute approximate surface area is 350 Å². The fourth-order valence-electron chi connectivity index (χ4n) is 9.04. The minimum absolute atomic E-state index is 0.349. The smallest absolute Gasteiger partial charge is 0.158 e. The van der Waals surface area contributed by atoms with Crippen LogP contribution in [0.25, 0.3) is 83.4 Å². The van der Waals surface area contributed by atoms with Crippen molar-refractivity contribution in [1.29, 1.82) is 0 Å². The Morgan fingerprint density at radius 1 is 0.633 bits per heavy atom. The molecule has 10 aromatic rings. The molecular weight excluding hydrogens is 731 g/mol. The molecule has 2 aromatic heterocycles. The van der Waals surface area contributed by atoms with E-state index in [4.69, 9.17) is 14.6 Å². The van der Waals surface area contributed by atoms with Gasteiger partial charge in [-0.1, -0.05) is 179 Å². The first kappa shape index (κ1) is 37.2. The van der Waals surface area contributed by atoms with Crippen molar-refractivity contribution in [3.63, 3.8) is 0 Å². The van der Waals surface area contributed by atoms with E-state index in [1.165, 1.54) is 72.1 Å². The van der Waals surface area contributed by atoms with E-state index in [-0.39, 0.29) is 0 Å². The zero-order chi connectivity index (χ0) is 40.7. The molecule has 2 unspecified atom stereocenters. The summed E-state index contributed by atoms with van der Waals surface area (Å²) in [5.41, 5.74) is 19.1. The number of furan rings is 2. The maximum absolute atomic E-state index is 6.24. The van der Waals surface area contributed by atoms with Crippen LogP contribution in [0.1, 0.15) is 54.9 Å². The molecule has 292 valence electrons. The lowest BCUT2D eigenvalue weighted by Gasteiger charge is -2.19. The van der Waals surface area contributed by atoms with Crippen LogP contribution in [-0.4, -0.2) is 0 Å². The Balaban J connectivity index is 0.000000201. The Bertz CT molecular complexity index is 3360. The molecule has 1 aliphatic rings. The molecule has 8 aromatic carbocycles. The summed E-state index contributed by atoms with van der Waals surface area (Å²) in [5, 5.41) is 9.43. The van der Waals surface area contributed by atoms with E-state index in [1.807, 2.05) is 54.6 Å². The van der Waals surface area contributed by atoms with Crippen LogP contribution in [0.2, 0.25) is 0 Å². The second-order valence-corrected chi connectivity index (χ2v) is 16.3. The van der Waals surface area contributed by atoms with Gasteiger partial charge in [0.15, 0.2) is 5.42 Å². The molecule has 0 saturated carbocycles. The van der Waals surface area contributed by atoms with Gasteiger partial charge in [-0.05, 0) is 98.0 Å². The first-order chi connectivity index (χ1) is 29.4. The number of allylic oxidation sites excluding steroid dienone is 4. The predicted molar refractivity (Wildman–Crippen MR) is 254 cm³/mol. The highest BCUT2D eigenvalue weighted by Crippen LogP contribution is 2.43. The summed E-state index contributed by atoms with van der Waals surface area (Å²) in [4.78, 5) is 0. The predicted octanol–water partition coefficient (Wildman–Crippen LogP) is 13.7. The van der Waals surface area contributed by atoms with Gasteiger partial charge in [0.1, 0.15) is 16.7 Å². The Kier molecular flexibility index (Phi) is 9.66. The molecule has 1 aliphatic carbocycles. The van der Waals surface area contributed by atoms with Crippen molar-refractivity contribution in [2.75, 3.05) is 0 Å². The third-order valence-electron chi connectivity index (χ3n) is 12.4. The number of hydrogen-bond donors (Lipinski definition) is 1. The number of rotatable bonds is 7. The maximum Gasteiger partial charge on any atom is 0.158 e. The van der Waals surface area contributed by atoms with Crippen molar-refractivity contribution < 1.29 is 8.83 Å². The lowest BCUT2D eigenvalue weighted by molar-refractivity contribution is 0.560. The highest BCUT2D eigenvalue weighted by molar-refractivity contribution is 6.33. The normalized spacial score (nSPS) is 15.1. The molecule has 0 saturated heterocycles. The quantitative estimate of drug-likeness (QED) is 0.164. The van der Waals surface area contributed by atoms with Crippen LogP contribution in [0.4, 0.5) is 0 Å². The highest BCUT2D eigenvalue weighted by atomic mass is 16.3. The average molecular weight is 778 g/mol. The van der Waals surface area contributed by atoms with E-state index < -0.39 is 0 Å². The molecule has 11 rings (SSSR count). The minimum Gasteiger partial charge on any atom is -0.456 e. The van der Waals surface area contributed by atoms with Crippen molar-refractivity contribution in [2.24, 2.45) is 11.7 Å². The fourth-order valence-corrected chi connectivity index (χ4v) is 9.04. The molecule has 0 amide bonds. The van der Waals surface area contributed by atoms with Gasteiger partial charge in [-0.2, -0.15) is 0 Å². The molecule has 0 spiro atoms. The van der Waals surface area contributed by atoms with Gasteiger partial charge in [0.2, 0.25) is 0 Å². The van der Waals surface area contributed by atoms with Crippen LogP contribution in [0, 0.1) is 5.92 Å². The van der Waals surface area contributed by atoms with E-state index in [0.29, 0.717) is 22.9 Å². The first-order valence-electron chi connectivity index (χ1n) is 21.1. The van der Waals surface area contributed by atoms with Crippen molar-refractivity contribution in [3.8, 4) is 11.1 Å². The van der Waals surface area contributed by atoms with E-state index in [2.05, 4.69) is 142 Å². The maximum atomic E-state index is 6.24. The number of para-hydroxylation sites is 1. The molecule has 2 N–H and O–H groups in total. The van der Waals surface area contributed by atoms with Gasteiger partial charge >= 0.3 is 0 Å². The van der Waals surface area contributed by atoms with Gasteiger partial charge in [0, 0.05) is 32.9 Å². The summed E-state index contributed by atoms with van der Waals surface area (Å²) in [6.07, 6.45) is 10.5. The topological polar surface area (TPSA) is 52.3 Å². The van der Waals surface area contributed by atoms with Gasteiger partial charge < -0.3 is 14.6 Å². The summed E-state index contributed by atoms with van der Waals surface area (Å²) >= 11 is 0. The summed E-state index contributed by atoms with van der Waals surface area (Å²) in [7, 11) is 0. The van der Waals surface area contributed by atoms with Crippen molar-refractivity contribution in [1.82, 2.24) is 0 Å². The zero-order valence-electron chi connectivity index (χ0n) is 34.1. The molecular formula is C57H47NO2. The number of fused-ring (bicyclic) bond motifs is 4. The van der Waals surface area contributed by atoms with Crippen LogP contribution in [-0.2, 0) is 6.42 Å². The van der Waals surface area contributed by atoms with Crippen LogP contribution in [0.15, 0.2) is 185 Å². The molecule has 2 heterocycles. The van der Waals surface area contributed by atoms with Crippen LogP contribution < -0.4 is 16.4 Å². The van der Waals surface area contributed by atoms with Gasteiger partial charge in [0.25, 0.3) is 0 Å². The average Bonchev–Trinajstić information content (AvgIpc) is 3.87. The van der Waals surface area contributed by atoms with Crippen molar-refractivity contribution in [3.05, 3.63) is 209 Å². The number of nitrogens with two attached hydrogens (primary N) is 1. The summed E-state index contributed by atoms with van der Waals surface area (Å²) in [6.45, 7) is 8.68. The summed E-state index contributed by atoms with van der Waals surface area (Å²) in [6, 6.07) is 55.7. The Hall–Kier alpha value is -7.10. The molecule has 2 atom stereocenters. The van der Waals surface area contributed by atoms with E-state index in [0.717, 1.165) is 45.8 Å². The molecule has 3 nitrogen and oxygen atoms in total. The monoisotopic (exact) mass is 777 g/mol. The van der Waals surface area contributed by atoms with Crippen molar-refractivity contribution in [2.45, 2.75) is 39.0 Å². The molecule has 3 heteroatoms. The number of benzene rings is 8. The molecule has 0 fully saturated rings. The SMILES string of the molecule is C=c1/c(=C(\N)c2ccccc2)oc2ccccc12.CCC(C)Cc1cccc(-c2cccc(C3C=C(c4ccc5c(c4)c4cccc6oc7cccc5c7c64)C=CC3)c2)c1. The number of hydrogen-bond acceptors (Lipinski definition) is 3. The van der Waals surface area contributed by atoms with E-state index in [1.54, 1.807) is 0 Å². The van der Waals surface area contributed by atoms with Gasteiger partial charge in [0.05, 0.1) is 5.70 Å². The first-order valence-corrected chi connectivity index (χ1v) is 21.1. The Morgan fingerprint density at radius 2 is 1.30 bits per heavy atom. The van der Waals surface area contributed by atoms with E-state index in [9.17, 15) is 0 Å². The highest BCUT2D eigenvalue weighted by Gasteiger charge is 2.19. The summed E-state index contributed by atoms with van der Waals surface area (Å²) in [5.74, 6) is 1.05. The standard InChI is InChI=1S/C41H34O.C16H13NO/c1-3-26(2)21-27-9-4-10-28(22-27)29-11-5-12-30(23-29)31-13-6-14-32(24-31)33-19-20-34-35-15-7-17-38-40(35)41-36(37(34)25-33)16-8-18-39(41)42-38;1-11-13-9-5-6-10-14(13)18-16(11)15(17)12-7-3-2-4-8-12/h4-12,14-20,22-26,31H,3,13,21H2,1-2H3;2-10H,1,17H2/b;16-15+. The van der Waals surface area contributed by atoms with Crippen LogP contribution >= 0.6 is 0 Å². The van der Waals surface area contributed by atoms with E-state index >= 15 is 0 Å². The molecule has 60 heavy (non-hydrogen) atoms. The fraction of sp³-hybridized carbons (Fsp3) is 0.123. The summed E-state index contributed by atoms with van der Waals surface area (Å²) < 4.78 is 12.0. The lowest BCUT2D eigenvalue weighted by Crippen LogP contribution is -2.25. The van der Waals surface area contributed by atoms with Crippen molar-refractivity contribution >= 4 is 72.3 Å². The van der Waals surface area contributed by atoms with Gasteiger partial charge in [-0.3, -0.25) is 0 Å². The second kappa shape index (κ2) is 15.6. The van der Waals surface area contributed by atoms with Gasteiger partial charge in [-0.15, -0.1) is 0 Å². The molecule has 0 radical (unpaired) electrons. The minimum atomic E-state index is 0.349. The molecule has 0 bridgehead atoms. The third kappa shape index (κ3) is 6.76. The third-order valence-corrected chi connectivity index (χ3v) is 12.4. The zero-order valence-corrected chi connectivity index (χ0v) is 34.1. The van der Waals surface area contributed by atoms with Gasteiger partial charge in [-0.25, -0.2) is 0 Å². The molecule has 0 aliphatic heterocycles. The largest absolute Gasteiger partial charge is 0.456 e. The Morgan fingerprint density at radius 3 is 2.07 bits per heavy atom. The van der Waals surface area contributed by atoms with Crippen LogP contribution in [0.5, 0.6) is 0 Å².